The average Bonchev–Trinajstić information content (AvgIpc) is 3.65. The number of cyclic esters (lactones) is 1. The van der Waals surface area contributed by atoms with Crippen LogP contribution in [0.1, 0.15) is 67.7 Å². The Morgan fingerprint density at radius 1 is 1.05 bits per heavy atom. The molecule has 4 N–H and O–H groups in total. The van der Waals surface area contributed by atoms with Gasteiger partial charge in [0, 0.05) is 36.1 Å². The van der Waals surface area contributed by atoms with Crippen LogP contribution in [0.15, 0.2) is 0 Å². The van der Waals surface area contributed by atoms with E-state index in [9.17, 15) is 24.9 Å². The Balaban J connectivity index is 1.93. The molecule has 37 heavy (non-hydrogen) atoms. The fourth-order valence-electron chi connectivity index (χ4n) is 6.12. The molecule has 3 aliphatic rings. The zero-order valence-electron chi connectivity index (χ0n) is 23.4. The van der Waals surface area contributed by atoms with E-state index in [-0.39, 0.29) is 30.6 Å². The van der Waals surface area contributed by atoms with Crippen LogP contribution in [0.25, 0.3) is 0 Å². The van der Waals surface area contributed by atoms with Gasteiger partial charge >= 0.3 is 5.97 Å². The summed E-state index contributed by atoms with van der Waals surface area (Å²) in [6.07, 6.45) is -4.01. The van der Waals surface area contributed by atoms with E-state index in [2.05, 4.69) is 5.32 Å². The van der Waals surface area contributed by atoms with Crippen LogP contribution in [-0.2, 0) is 28.5 Å². The summed E-state index contributed by atoms with van der Waals surface area (Å²) in [5, 5.41) is 36.8. The number of esters is 1. The normalized spacial score (nSPS) is 50.1. The van der Waals surface area contributed by atoms with Gasteiger partial charge in [0.25, 0.3) is 0 Å². The molecular formula is C27H47NO9. The number of ketones is 1. The van der Waals surface area contributed by atoms with E-state index in [1.807, 2.05) is 14.0 Å². The number of epoxide rings is 1. The maximum absolute atomic E-state index is 13.4. The van der Waals surface area contributed by atoms with Crippen LogP contribution in [0.5, 0.6) is 0 Å². The zero-order chi connectivity index (χ0) is 27.8. The minimum absolute atomic E-state index is 0.00904. The number of hydrogen-bond acceptors (Lipinski definition) is 10. The molecule has 0 radical (unpaired) electrons. The predicted octanol–water partition coefficient (Wildman–Crippen LogP) is 1.38. The highest BCUT2D eigenvalue weighted by Crippen LogP contribution is 2.39. The molecule has 0 amide bonds. The van der Waals surface area contributed by atoms with Gasteiger partial charge in [-0.3, -0.25) is 9.59 Å². The van der Waals surface area contributed by atoms with Gasteiger partial charge in [0.1, 0.15) is 18.0 Å². The Morgan fingerprint density at radius 2 is 1.70 bits per heavy atom. The van der Waals surface area contributed by atoms with E-state index in [0.29, 0.717) is 12.8 Å². The van der Waals surface area contributed by atoms with Crippen LogP contribution in [0, 0.1) is 29.6 Å². The summed E-state index contributed by atoms with van der Waals surface area (Å²) in [7, 11) is 1.83. The van der Waals surface area contributed by atoms with Crippen molar-refractivity contribution in [3.05, 3.63) is 0 Å². The van der Waals surface area contributed by atoms with Crippen LogP contribution in [0.4, 0.5) is 0 Å². The highest BCUT2D eigenvalue weighted by molar-refractivity contribution is 5.83. The number of fused-ring (bicyclic) bond motifs is 1. The Hall–Kier alpha value is -1.14. The third-order valence-electron chi connectivity index (χ3n) is 8.77. The van der Waals surface area contributed by atoms with Crippen molar-refractivity contribution >= 4 is 11.8 Å². The molecule has 0 bridgehead atoms. The minimum atomic E-state index is -1.66. The van der Waals surface area contributed by atoms with Crippen molar-refractivity contribution in [1.29, 1.82) is 0 Å². The molecule has 0 aromatic heterocycles. The molecule has 2 unspecified atom stereocenters. The van der Waals surface area contributed by atoms with Crippen LogP contribution in [-0.4, -0.2) is 88.9 Å². The summed E-state index contributed by atoms with van der Waals surface area (Å²) in [6.45, 7) is 11.9. The minimum Gasteiger partial charge on any atom is -0.462 e. The molecule has 3 heterocycles. The predicted molar refractivity (Wildman–Crippen MR) is 134 cm³/mol. The van der Waals surface area contributed by atoms with Crippen LogP contribution < -0.4 is 5.32 Å². The van der Waals surface area contributed by atoms with Gasteiger partial charge in [0.05, 0.1) is 29.8 Å². The molecule has 3 fully saturated rings. The van der Waals surface area contributed by atoms with Crippen molar-refractivity contribution in [2.24, 2.45) is 29.6 Å². The third kappa shape index (κ3) is 6.54. The summed E-state index contributed by atoms with van der Waals surface area (Å²) < 4.78 is 23.6. The van der Waals surface area contributed by atoms with Gasteiger partial charge in [0.15, 0.2) is 12.6 Å². The highest BCUT2D eigenvalue weighted by Gasteiger charge is 2.53. The Kier molecular flexibility index (Phi) is 9.81. The smallest absolute Gasteiger partial charge is 0.311 e. The molecule has 0 aromatic carbocycles. The van der Waals surface area contributed by atoms with Gasteiger partial charge in [-0.05, 0) is 33.7 Å². The Labute approximate surface area is 220 Å². The lowest BCUT2D eigenvalue weighted by molar-refractivity contribution is -0.237. The van der Waals surface area contributed by atoms with Gasteiger partial charge in [0.2, 0.25) is 0 Å². The van der Waals surface area contributed by atoms with E-state index >= 15 is 0 Å². The van der Waals surface area contributed by atoms with Crippen molar-refractivity contribution in [3.63, 3.8) is 0 Å². The molecule has 10 heteroatoms. The number of hydrogen-bond donors (Lipinski definition) is 4. The number of rotatable bonds is 4. The van der Waals surface area contributed by atoms with E-state index < -0.39 is 71.9 Å². The van der Waals surface area contributed by atoms with Crippen molar-refractivity contribution in [1.82, 2.24) is 5.32 Å². The summed E-state index contributed by atoms with van der Waals surface area (Å²) >= 11 is 0. The number of Topliss-reactive ketones (excluding diaryl/α,β-unsaturated/α-hetero) is 1. The number of nitrogens with one attached hydrogen (secondary N) is 1. The number of carbonyl (C=O) groups excluding carboxylic acids is 2. The summed E-state index contributed by atoms with van der Waals surface area (Å²) in [5.41, 5.74) is -1.66. The topological polar surface area (TPSA) is 147 Å². The van der Waals surface area contributed by atoms with Gasteiger partial charge < -0.3 is 39.6 Å². The van der Waals surface area contributed by atoms with E-state index in [1.54, 1.807) is 34.6 Å². The lowest BCUT2D eigenvalue weighted by Crippen LogP contribution is -2.53. The molecule has 214 valence electrons. The molecule has 0 aromatic rings. The van der Waals surface area contributed by atoms with Crippen molar-refractivity contribution in [2.75, 3.05) is 7.05 Å². The fraction of sp³-hybridized carbons (Fsp3) is 0.926. The summed E-state index contributed by atoms with van der Waals surface area (Å²) in [6, 6.07) is 0.0218. The Bertz CT molecular complexity index is 807. The number of carbonyl (C=O) groups is 2. The summed E-state index contributed by atoms with van der Waals surface area (Å²) in [4.78, 5) is 26.5. The fourth-order valence-corrected chi connectivity index (χ4v) is 6.12. The van der Waals surface area contributed by atoms with Gasteiger partial charge in [-0.1, -0.05) is 34.6 Å². The maximum atomic E-state index is 13.4. The molecule has 3 saturated heterocycles. The largest absolute Gasteiger partial charge is 0.462 e. The molecular weight excluding hydrogens is 482 g/mol. The second kappa shape index (κ2) is 11.9. The average molecular weight is 530 g/mol. The third-order valence-corrected chi connectivity index (χ3v) is 8.77. The Morgan fingerprint density at radius 3 is 2.30 bits per heavy atom. The number of aliphatic hydroxyl groups is 3. The van der Waals surface area contributed by atoms with Crippen LogP contribution in [0.3, 0.4) is 0 Å². The van der Waals surface area contributed by atoms with Gasteiger partial charge in [-0.25, -0.2) is 0 Å². The quantitative estimate of drug-likeness (QED) is 0.311. The van der Waals surface area contributed by atoms with Gasteiger partial charge in [-0.2, -0.15) is 0 Å². The van der Waals surface area contributed by atoms with Crippen LogP contribution in [0.2, 0.25) is 0 Å². The standard InChI is InChI=1S/C27H47NO9/c1-9-18-13(3)21(30)14(4)20(29)12(2)11-27(7,33)24(31)15(5)22(16(6)25(32)34-18)35-19-10-17(28-8)23-26(36-19)37-23/h12-19,21-24,26,28,30-31,33H,9-11H2,1-8H3/t12-,13+,14+,15+,16-,17?,18-,19-,21+,22+,23+,24-,26?,27-/m1/s1. The zero-order valence-corrected chi connectivity index (χ0v) is 23.4. The van der Waals surface area contributed by atoms with Crippen molar-refractivity contribution in [3.8, 4) is 0 Å². The van der Waals surface area contributed by atoms with Crippen molar-refractivity contribution in [2.45, 2.75) is 122 Å². The van der Waals surface area contributed by atoms with Gasteiger partial charge in [-0.15, -0.1) is 0 Å². The highest BCUT2D eigenvalue weighted by atomic mass is 16.8. The van der Waals surface area contributed by atoms with E-state index in [0.717, 1.165) is 0 Å². The first-order chi connectivity index (χ1) is 17.2. The molecule has 10 nitrogen and oxygen atoms in total. The molecule has 3 rings (SSSR count). The van der Waals surface area contributed by atoms with E-state index in [4.69, 9.17) is 18.9 Å². The second-order valence-corrected chi connectivity index (χ2v) is 11.7. The first kappa shape index (κ1) is 30.4. The molecule has 0 spiro atoms. The molecule has 0 saturated carbocycles. The first-order valence-corrected chi connectivity index (χ1v) is 13.7. The molecule has 14 atom stereocenters. The SMILES string of the molecule is CC[C@H]1OC(=O)[C@H](C)[C@@H](O[C@H]2CC(NC)[C@@H]3OC3O2)[C@H](C)[C@@H](O)[C@](C)(O)C[C@@H](C)C(=O)[C@H](C)[C@@H](O)[C@H]1C. The lowest BCUT2D eigenvalue weighted by Gasteiger charge is -2.42. The summed E-state index contributed by atoms with van der Waals surface area (Å²) in [5.74, 6) is -4.10. The lowest BCUT2D eigenvalue weighted by atomic mass is 9.75. The number of ether oxygens (including phenoxy) is 4. The number of aliphatic hydroxyl groups excluding tert-OH is 2. The maximum Gasteiger partial charge on any atom is 0.311 e. The van der Waals surface area contributed by atoms with Crippen LogP contribution >= 0.6 is 0 Å². The second-order valence-electron chi connectivity index (χ2n) is 11.7. The number of likely N-dealkylation sites (N-methyl/N-ethyl adjacent to an activating group) is 1. The first-order valence-electron chi connectivity index (χ1n) is 13.7. The molecule has 3 aliphatic heterocycles. The van der Waals surface area contributed by atoms with E-state index in [1.165, 1.54) is 6.92 Å². The monoisotopic (exact) mass is 529 g/mol. The van der Waals surface area contributed by atoms with Crippen molar-refractivity contribution < 1.29 is 43.9 Å². The molecule has 0 aliphatic carbocycles.